The number of carbonyl (C=O) groups is 2. The van der Waals surface area contributed by atoms with Gasteiger partial charge in [-0.1, -0.05) is 125 Å². The Hall–Kier alpha value is -8.42. The second-order valence-corrected chi connectivity index (χ2v) is 23.1. The first kappa shape index (κ1) is 68.9. The molecule has 20 heteroatoms. The molecule has 0 saturated heterocycles. The predicted molar refractivity (Wildman–Crippen MR) is 331 cm³/mol. The molecule has 83 heavy (non-hydrogen) atoms. The van der Waals surface area contributed by atoms with E-state index in [1.165, 1.54) is 7.11 Å². The second-order valence-electron chi connectivity index (χ2n) is 22.7. The first-order valence-corrected chi connectivity index (χ1v) is 26.5. The molecule has 0 aliphatic heterocycles. The third-order valence-corrected chi connectivity index (χ3v) is 12.4. The molecule has 0 spiro atoms. The molecule has 438 valence electrons. The molecule has 0 fully saturated rings. The molecule has 8 aromatic heterocycles. The quantitative estimate of drug-likeness (QED) is 0.0948. The van der Waals surface area contributed by atoms with Crippen LogP contribution in [0, 0.1) is 27.0 Å². The highest BCUT2D eigenvalue weighted by atomic mass is 35.5. The molecule has 8 heterocycles. The van der Waals surface area contributed by atoms with Crippen LogP contribution in [0.25, 0.3) is 31.8 Å². The van der Waals surface area contributed by atoms with Gasteiger partial charge in [-0.2, -0.15) is 0 Å². The number of amides is 1. The van der Waals surface area contributed by atoms with Gasteiger partial charge in [0.15, 0.2) is 11.3 Å². The molecule has 0 aliphatic rings. The first-order valence-electron chi connectivity index (χ1n) is 26.1. The lowest BCUT2D eigenvalue weighted by molar-refractivity contribution is 0.0695. The minimum absolute atomic E-state index is 0. The number of hydrogen-bond donors (Lipinski definition) is 3. The number of halogens is 2. The van der Waals surface area contributed by atoms with E-state index in [2.05, 4.69) is 138 Å². The van der Waals surface area contributed by atoms with Crippen LogP contribution in [0.2, 0.25) is 5.15 Å². The van der Waals surface area contributed by atoms with Crippen molar-refractivity contribution in [3.05, 3.63) is 182 Å². The average Bonchev–Trinajstić information content (AvgIpc) is 3.48. The minimum atomic E-state index is -0.958. The Morgan fingerprint density at radius 2 is 0.952 bits per heavy atom. The Morgan fingerprint density at radius 1 is 0.566 bits per heavy atom. The van der Waals surface area contributed by atoms with Crippen molar-refractivity contribution >= 4 is 69.3 Å². The fourth-order valence-electron chi connectivity index (χ4n) is 7.34. The number of nitrogens with zero attached hydrogens (tertiary/aromatic N) is 10. The normalized spacial score (nSPS) is 11.0. The number of carboxylic acids is 1. The van der Waals surface area contributed by atoms with Crippen LogP contribution < -0.4 is 25.3 Å². The second kappa shape index (κ2) is 30.0. The Balaban J connectivity index is 0.000000282. The summed E-state index contributed by atoms with van der Waals surface area (Å²) in [5.41, 5.74) is 15.0. The van der Waals surface area contributed by atoms with Crippen molar-refractivity contribution in [2.45, 2.75) is 132 Å². The fourth-order valence-corrected chi connectivity index (χ4v) is 7.53. The number of fused-ring (bicyclic) bond motifs is 2. The number of nitrogens with one attached hydrogen (secondary N) is 1. The number of aromatic carboxylic acids is 1. The van der Waals surface area contributed by atoms with E-state index in [9.17, 15) is 9.59 Å². The highest BCUT2D eigenvalue weighted by molar-refractivity contribution is 6.32. The van der Waals surface area contributed by atoms with E-state index < -0.39 is 5.97 Å². The SMILES string of the molecule is COc1nc(C(C)(C)C)ccc1CN.COc1nc(C(C)(C)C)ccc1CNC(=O)c1cc2cccnc2nc1C.Cc1nc2ncccc2cc1C(=O)O.Cl.[C-]#[N+]c1ccc(C(C)(C)C)nc1Cl.[C-]#[N+]c1ccc(C(C)(C)C)nc1OC. The smallest absolute Gasteiger partial charge is 0.337 e. The number of methoxy groups -OCH3 is 3. The summed E-state index contributed by atoms with van der Waals surface area (Å²) in [7, 11) is 4.74. The van der Waals surface area contributed by atoms with Crippen molar-refractivity contribution in [3.63, 3.8) is 0 Å². The molecule has 0 bridgehead atoms. The molecule has 8 rings (SSSR count). The molecule has 0 unspecified atom stereocenters. The van der Waals surface area contributed by atoms with Crippen LogP contribution >= 0.6 is 24.0 Å². The van der Waals surface area contributed by atoms with E-state index in [0.29, 0.717) is 75.5 Å². The van der Waals surface area contributed by atoms with Gasteiger partial charge < -0.3 is 30.4 Å². The zero-order valence-corrected chi connectivity index (χ0v) is 52.0. The van der Waals surface area contributed by atoms with Crippen molar-refractivity contribution in [3.8, 4) is 17.6 Å². The summed E-state index contributed by atoms with van der Waals surface area (Å²) >= 11 is 5.81. The van der Waals surface area contributed by atoms with Crippen LogP contribution in [0.15, 0.2) is 97.3 Å². The summed E-state index contributed by atoms with van der Waals surface area (Å²) in [6, 6.07) is 25.8. The number of aryl methyl sites for hydroxylation is 2. The van der Waals surface area contributed by atoms with Gasteiger partial charge in [-0.05, 0) is 68.4 Å². The molecule has 0 saturated carbocycles. The van der Waals surface area contributed by atoms with E-state index in [-0.39, 0.29) is 45.5 Å². The van der Waals surface area contributed by atoms with Gasteiger partial charge in [0.1, 0.15) is 5.15 Å². The van der Waals surface area contributed by atoms with Crippen LogP contribution in [0.1, 0.15) is 149 Å². The van der Waals surface area contributed by atoms with Crippen molar-refractivity contribution in [2.75, 3.05) is 21.3 Å². The first-order chi connectivity index (χ1) is 38.4. The summed E-state index contributed by atoms with van der Waals surface area (Å²) in [6.45, 7) is 43.0. The van der Waals surface area contributed by atoms with Crippen LogP contribution in [0.3, 0.4) is 0 Å². The number of hydrogen-bond acceptors (Lipinski definition) is 14. The van der Waals surface area contributed by atoms with E-state index in [1.54, 1.807) is 63.9 Å². The molecule has 4 N–H and O–H groups in total. The maximum Gasteiger partial charge on any atom is 0.337 e. The van der Waals surface area contributed by atoms with Gasteiger partial charge >= 0.3 is 5.97 Å². The summed E-state index contributed by atoms with van der Waals surface area (Å²) in [5.74, 6) is 0.432. The van der Waals surface area contributed by atoms with Crippen LogP contribution in [0.5, 0.6) is 17.6 Å². The third kappa shape index (κ3) is 19.6. The zero-order valence-electron chi connectivity index (χ0n) is 50.5. The average molecular weight is 1170 g/mol. The number of aromatic nitrogens is 8. The highest BCUT2D eigenvalue weighted by Gasteiger charge is 2.21. The molecule has 0 aromatic carbocycles. The number of rotatable bonds is 8. The van der Waals surface area contributed by atoms with Crippen LogP contribution in [-0.4, -0.2) is 78.2 Å². The summed E-state index contributed by atoms with van der Waals surface area (Å²) in [6.07, 6.45) is 3.32. The summed E-state index contributed by atoms with van der Waals surface area (Å²) < 4.78 is 15.6. The van der Waals surface area contributed by atoms with Gasteiger partial charge in [0.2, 0.25) is 29.0 Å². The summed E-state index contributed by atoms with van der Waals surface area (Å²) in [5, 5.41) is 13.7. The molecule has 0 atom stereocenters. The number of carboxylic acid groups (broad SMARTS) is 1. The Morgan fingerprint density at radius 3 is 1.36 bits per heavy atom. The summed E-state index contributed by atoms with van der Waals surface area (Å²) in [4.78, 5) is 64.3. The molecule has 1 amide bonds. The number of ether oxygens (including phenoxy) is 3. The van der Waals surface area contributed by atoms with Crippen LogP contribution in [0.4, 0.5) is 11.4 Å². The van der Waals surface area contributed by atoms with Crippen LogP contribution in [-0.2, 0) is 34.7 Å². The lowest BCUT2D eigenvalue weighted by atomic mass is 9.91. The van der Waals surface area contributed by atoms with Gasteiger partial charge in [-0.25, -0.2) is 49.4 Å². The molecule has 18 nitrogen and oxygen atoms in total. The van der Waals surface area contributed by atoms with Gasteiger partial charge in [-0.3, -0.25) is 9.78 Å². The zero-order chi connectivity index (χ0) is 61.3. The fraction of sp³-hybridized carbons (Fsp3) is 0.365. The standard InChI is InChI=1S/C21H24N4O2.C11H14N2O.C11H18N2O.C10H11ClN2.C10H8N2O2.ClH/c1-13-16(11-14-7-6-10-22-18(14)24-13)19(26)23-12-15-8-9-17(21(2,3)4)25-20(15)27-5;1-11(2,3)9-7-6-8(12-4)10(13-9)14-5;1-11(2,3)9-6-5-8(7-12)10(13-9)14-4;1-10(2,3)8-6-5-7(12-4)9(11)13-8;1-6-8(10(13)14)5-7-3-2-4-11-9(7)12-6;/h6-11H,12H2,1-5H3,(H,23,26);6-7H,1-3,5H3;5-6H,7,12H2,1-4H3;5-6H,1-3H3;2-5H,1H3,(H,13,14);1H. The Labute approximate surface area is 499 Å². The van der Waals surface area contributed by atoms with Crippen molar-refractivity contribution in [1.29, 1.82) is 0 Å². The Bertz CT molecular complexity index is 3610. The van der Waals surface area contributed by atoms with E-state index in [1.807, 2.05) is 61.5 Å². The molecular weight excluding hydrogens is 1090 g/mol. The molecule has 8 aromatic rings. The number of carbonyl (C=O) groups excluding carboxylic acids is 1. The van der Waals surface area contributed by atoms with Gasteiger partial charge in [0, 0.05) is 91.8 Å². The Kier molecular flexibility index (Phi) is 24.9. The minimum Gasteiger partial charge on any atom is -0.490 e. The topological polar surface area (TPSA) is 232 Å². The largest absolute Gasteiger partial charge is 0.490 e. The van der Waals surface area contributed by atoms with E-state index in [0.717, 1.165) is 44.7 Å². The maximum atomic E-state index is 12.7. The lowest BCUT2D eigenvalue weighted by Gasteiger charge is -2.19. The molecule has 0 aliphatic carbocycles. The van der Waals surface area contributed by atoms with Crippen molar-refractivity contribution in [1.82, 2.24) is 45.2 Å². The molecular formula is C63H76Cl2N12O6. The van der Waals surface area contributed by atoms with Crippen molar-refractivity contribution < 1.29 is 28.9 Å². The number of nitrogens with two attached hydrogens (primary N) is 1. The van der Waals surface area contributed by atoms with E-state index in [4.69, 9.17) is 49.8 Å². The van der Waals surface area contributed by atoms with Gasteiger partial charge in [-0.15, -0.1) is 12.4 Å². The predicted octanol–water partition coefficient (Wildman–Crippen LogP) is 14.0. The van der Waals surface area contributed by atoms with E-state index >= 15 is 0 Å². The third-order valence-electron chi connectivity index (χ3n) is 12.1. The van der Waals surface area contributed by atoms with Crippen molar-refractivity contribution in [2.24, 2.45) is 5.73 Å². The highest BCUT2D eigenvalue weighted by Crippen LogP contribution is 2.31. The monoisotopic (exact) mass is 1170 g/mol. The number of pyridine rings is 8. The van der Waals surface area contributed by atoms with Gasteiger partial charge in [0.25, 0.3) is 5.91 Å². The van der Waals surface area contributed by atoms with Gasteiger partial charge in [0.05, 0.1) is 57.0 Å². The molecule has 0 radical (unpaired) electrons. The lowest BCUT2D eigenvalue weighted by Crippen LogP contribution is -2.25. The maximum absolute atomic E-state index is 12.7.